The highest BCUT2D eigenvalue weighted by molar-refractivity contribution is 7.25. The lowest BCUT2D eigenvalue weighted by Gasteiger charge is -2.14. The van der Waals surface area contributed by atoms with Crippen molar-refractivity contribution < 1.29 is 0 Å². The van der Waals surface area contributed by atoms with Crippen LogP contribution in [0.3, 0.4) is 0 Å². The molecule has 6 aromatic carbocycles. The maximum Gasteiger partial charge on any atom is 0.0991 e. The smallest absolute Gasteiger partial charge is 0.0991 e. The average molecular weight is 552 g/mol. The number of aromatic nitrogens is 1. The largest absolute Gasteiger partial charge is 0.309 e. The number of nitrogens with zero attached hydrogens (tertiary/aromatic N) is 3. The number of para-hydroxylation sites is 1. The number of benzene rings is 6. The Morgan fingerprint density at radius 2 is 1.14 bits per heavy atom. The summed E-state index contributed by atoms with van der Waals surface area (Å²) >= 11 is 1.82. The molecule has 0 unspecified atom stereocenters. The van der Waals surface area contributed by atoms with E-state index in [0.717, 1.165) is 49.7 Å². The van der Waals surface area contributed by atoms with E-state index in [9.17, 15) is 10.5 Å². The van der Waals surface area contributed by atoms with E-state index in [1.807, 2.05) is 53.8 Å². The number of fused-ring (bicyclic) bond motifs is 6. The summed E-state index contributed by atoms with van der Waals surface area (Å²) < 4.78 is 4.84. The molecule has 0 fully saturated rings. The van der Waals surface area contributed by atoms with Crippen LogP contribution in [0.4, 0.5) is 0 Å². The molecule has 0 bridgehead atoms. The second-order valence-corrected chi connectivity index (χ2v) is 11.6. The van der Waals surface area contributed by atoms with Crippen LogP contribution < -0.4 is 0 Å². The zero-order valence-corrected chi connectivity index (χ0v) is 23.2. The van der Waals surface area contributed by atoms with Gasteiger partial charge in [-0.1, -0.05) is 54.6 Å². The first kappa shape index (κ1) is 24.1. The van der Waals surface area contributed by atoms with Crippen molar-refractivity contribution in [1.29, 1.82) is 10.5 Å². The van der Waals surface area contributed by atoms with Crippen molar-refractivity contribution in [1.82, 2.24) is 4.57 Å². The Morgan fingerprint density at radius 3 is 1.98 bits per heavy atom. The lowest BCUT2D eigenvalue weighted by molar-refractivity contribution is 1.18. The summed E-state index contributed by atoms with van der Waals surface area (Å²) in [5, 5.41) is 23.9. The van der Waals surface area contributed by atoms with Gasteiger partial charge in [-0.05, 0) is 95.1 Å². The molecule has 0 amide bonds. The highest BCUT2D eigenvalue weighted by Gasteiger charge is 2.16. The van der Waals surface area contributed by atoms with Gasteiger partial charge >= 0.3 is 0 Å². The molecular weight excluding hydrogens is 531 g/mol. The highest BCUT2D eigenvalue weighted by atomic mass is 32.1. The van der Waals surface area contributed by atoms with Crippen LogP contribution in [-0.2, 0) is 0 Å². The fourth-order valence-electron chi connectivity index (χ4n) is 6.07. The molecule has 2 aromatic heterocycles. The van der Waals surface area contributed by atoms with Crippen LogP contribution in [0.15, 0.2) is 127 Å². The van der Waals surface area contributed by atoms with E-state index in [1.54, 1.807) is 0 Å². The van der Waals surface area contributed by atoms with Gasteiger partial charge in [-0.25, -0.2) is 0 Å². The maximum absolute atomic E-state index is 9.62. The molecular formula is C38H21N3S. The molecule has 8 aromatic rings. The normalized spacial score (nSPS) is 11.3. The molecule has 0 spiro atoms. The van der Waals surface area contributed by atoms with Gasteiger partial charge in [0.25, 0.3) is 0 Å². The third-order valence-electron chi connectivity index (χ3n) is 8.01. The van der Waals surface area contributed by atoms with Gasteiger partial charge in [0, 0.05) is 36.6 Å². The third-order valence-corrected chi connectivity index (χ3v) is 9.16. The monoisotopic (exact) mass is 551 g/mol. The zero-order valence-electron chi connectivity index (χ0n) is 22.4. The van der Waals surface area contributed by atoms with Gasteiger partial charge in [-0.3, -0.25) is 0 Å². The van der Waals surface area contributed by atoms with Crippen LogP contribution in [0.5, 0.6) is 0 Å². The number of rotatable bonds is 3. The molecule has 0 saturated heterocycles. The highest BCUT2D eigenvalue weighted by Crippen LogP contribution is 2.39. The summed E-state index contributed by atoms with van der Waals surface area (Å²) in [4.78, 5) is 0. The van der Waals surface area contributed by atoms with Crippen molar-refractivity contribution >= 4 is 53.3 Å². The van der Waals surface area contributed by atoms with E-state index in [1.165, 1.54) is 20.2 Å². The SMILES string of the molecule is N#Cc1cccc(-c2cc(-c3ccc4sc5ccccc5c4c3)cc(-n3c4ccccc4c4cc(C#N)ccc43)c2)c1. The van der Waals surface area contributed by atoms with Crippen LogP contribution in [-0.4, -0.2) is 4.57 Å². The van der Waals surface area contributed by atoms with Gasteiger partial charge in [-0.15, -0.1) is 11.3 Å². The lowest BCUT2D eigenvalue weighted by atomic mass is 9.96. The summed E-state index contributed by atoms with van der Waals surface area (Å²) in [7, 11) is 0. The Bertz CT molecular complexity index is 2450. The third kappa shape index (κ3) is 3.79. The molecule has 4 heteroatoms. The fraction of sp³-hybridized carbons (Fsp3) is 0. The van der Waals surface area contributed by atoms with E-state index < -0.39 is 0 Å². The summed E-state index contributed by atoms with van der Waals surface area (Å²) in [5.74, 6) is 0. The van der Waals surface area contributed by atoms with Crippen molar-refractivity contribution in [2.45, 2.75) is 0 Å². The summed E-state index contributed by atoms with van der Waals surface area (Å²) in [5.41, 5.74) is 8.69. The summed E-state index contributed by atoms with van der Waals surface area (Å²) in [6.45, 7) is 0. The molecule has 0 aliphatic rings. The molecule has 2 heterocycles. The van der Waals surface area contributed by atoms with Gasteiger partial charge in [0.05, 0.1) is 34.3 Å². The minimum absolute atomic E-state index is 0.631. The average Bonchev–Trinajstić information content (AvgIpc) is 3.59. The zero-order chi connectivity index (χ0) is 28.2. The Hall–Kier alpha value is -5.68. The van der Waals surface area contributed by atoms with E-state index >= 15 is 0 Å². The molecule has 0 saturated carbocycles. The van der Waals surface area contributed by atoms with Crippen LogP contribution in [0.1, 0.15) is 11.1 Å². The number of hydrogen-bond acceptors (Lipinski definition) is 3. The van der Waals surface area contributed by atoms with Crippen LogP contribution >= 0.6 is 11.3 Å². The van der Waals surface area contributed by atoms with Gasteiger partial charge < -0.3 is 4.57 Å². The van der Waals surface area contributed by atoms with Gasteiger partial charge in [0.15, 0.2) is 0 Å². The van der Waals surface area contributed by atoms with Crippen molar-refractivity contribution in [3.63, 3.8) is 0 Å². The Labute approximate surface area is 246 Å². The summed E-state index contributed by atoms with van der Waals surface area (Å²) in [6.07, 6.45) is 0. The van der Waals surface area contributed by atoms with Crippen molar-refractivity contribution in [3.05, 3.63) is 139 Å². The standard InChI is InChI=1S/C38H21N3S/c39-22-24-6-5-7-26(16-24)28-18-29(27-13-15-38-34(21-27)32-9-2-4-11-37(32)42-38)20-30(19-28)41-35-10-3-1-8-31(35)33-17-25(23-40)12-14-36(33)41/h1-21H. The molecule has 3 nitrogen and oxygen atoms in total. The van der Waals surface area contributed by atoms with Gasteiger partial charge in [0.2, 0.25) is 0 Å². The first-order chi connectivity index (χ1) is 20.7. The van der Waals surface area contributed by atoms with Gasteiger partial charge in [0.1, 0.15) is 0 Å². The topological polar surface area (TPSA) is 52.5 Å². The number of hydrogen-bond donors (Lipinski definition) is 0. The van der Waals surface area contributed by atoms with Crippen LogP contribution in [0.25, 0.3) is 69.9 Å². The van der Waals surface area contributed by atoms with Crippen LogP contribution in [0, 0.1) is 22.7 Å². The molecule has 194 valence electrons. The van der Waals surface area contributed by atoms with E-state index in [0.29, 0.717) is 11.1 Å². The van der Waals surface area contributed by atoms with Crippen molar-refractivity contribution in [2.75, 3.05) is 0 Å². The van der Waals surface area contributed by atoms with Crippen LogP contribution in [0.2, 0.25) is 0 Å². The number of nitriles is 2. The van der Waals surface area contributed by atoms with E-state index in [2.05, 4.69) is 102 Å². The lowest BCUT2D eigenvalue weighted by Crippen LogP contribution is -1.96. The molecule has 0 radical (unpaired) electrons. The summed E-state index contributed by atoms with van der Waals surface area (Å²) in [6, 6.07) is 48.6. The Balaban J connectivity index is 1.43. The second kappa shape index (κ2) is 9.46. The molecule has 42 heavy (non-hydrogen) atoms. The first-order valence-corrected chi connectivity index (χ1v) is 14.5. The Kier molecular flexibility index (Phi) is 5.44. The van der Waals surface area contributed by atoms with Crippen molar-refractivity contribution in [2.24, 2.45) is 0 Å². The van der Waals surface area contributed by atoms with E-state index in [-0.39, 0.29) is 0 Å². The molecule has 0 N–H and O–H groups in total. The Morgan fingerprint density at radius 1 is 0.452 bits per heavy atom. The fourth-order valence-corrected chi connectivity index (χ4v) is 7.15. The second-order valence-electron chi connectivity index (χ2n) is 10.5. The molecule has 0 aliphatic carbocycles. The minimum Gasteiger partial charge on any atom is -0.309 e. The quantitative estimate of drug-likeness (QED) is 0.219. The predicted molar refractivity (Wildman–Crippen MR) is 174 cm³/mol. The molecule has 0 aliphatic heterocycles. The van der Waals surface area contributed by atoms with Gasteiger partial charge in [-0.2, -0.15) is 10.5 Å². The minimum atomic E-state index is 0.631. The maximum atomic E-state index is 9.62. The van der Waals surface area contributed by atoms with E-state index in [4.69, 9.17) is 0 Å². The predicted octanol–water partition coefficient (Wildman–Crippen LogP) is 10.2. The molecule has 8 rings (SSSR count). The molecule has 0 atom stereocenters. The first-order valence-electron chi connectivity index (χ1n) is 13.7. The number of thiophene rings is 1. The van der Waals surface area contributed by atoms with Crippen molar-refractivity contribution in [3.8, 4) is 40.1 Å².